The van der Waals surface area contributed by atoms with Crippen molar-refractivity contribution in [3.05, 3.63) is 77.1 Å². The van der Waals surface area contributed by atoms with Gasteiger partial charge in [0.25, 0.3) is 0 Å². The van der Waals surface area contributed by atoms with E-state index >= 15 is 0 Å². The average molecular weight is 267 g/mol. The van der Waals surface area contributed by atoms with Crippen molar-refractivity contribution in [2.75, 3.05) is 0 Å². The minimum atomic E-state index is -0.506. The lowest BCUT2D eigenvalue weighted by Gasteiger charge is -2.00. The first-order valence-corrected chi connectivity index (χ1v) is 6.06. The molecule has 4 heteroatoms. The number of benzene rings is 2. The zero-order valence-corrected chi connectivity index (χ0v) is 10.4. The van der Waals surface area contributed by atoms with Gasteiger partial charge in [0.2, 0.25) is 0 Å². The molecule has 0 aliphatic carbocycles. The van der Waals surface area contributed by atoms with Crippen LogP contribution in [0, 0.1) is 5.82 Å². The van der Waals surface area contributed by atoms with Crippen molar-refractivity contribution in [2.24, 2.45) is 5.16 Å². The van der Waals surface area contributed by atoms with E-state index in [0.717, 1.165) is 5.56 Å². The minimum Gasteiger partial charge on any atom is -0.312 e. The average Bonchev–Trinajstić information content (AvgIpc) is 2.84. The lowest BCUT2D eigenvalue weighted by molar-refractivity contribution is -0.136. The third-order valence-electron chi connectivity index (χ3n) is 2.92. The molecule has 20 heavy (non-hydrogen) atoms. The molecule has 3 nitrogen and oxygen atoms in total. The Morgan fingerprint density at radius 3 is 2.40 bits per heavy atom. The standard InChI is InChI=1S/C16H10FNO2/c17-13-8-6-11(7-9-13)10-14-15(18-20-16(14)19)12-4-2-1-3-5-12/h1-10H/b14-10+. The third-order valence-corrected chi connectivity index (χ3v) is 2.92. The Morgan fingerprint density at radius 1 is 1.00 bits per heavy atom. The molecular formula is C16H10FNO2. The molecule has 0 atom stereocenters. The summed E-state index contributed by atoms with van der Waals surface area (Å²) in [5.74, 6) is -0.828. The Balaban J connectivity index is 2.00. The third kappa shape index (κ3) is 2.36. The van der Waals surface area contributed by atoms with Gasteiger partial charge < -0.3 is 4.84 Å². The maximum atomic E-state index is 12.9. The molecule has 2 aromatic carbocycles. The lowest BCUT2D eigenvalue weighted by atomic mass is 10.0. The molecule has 0 unspecified atom stereocenters. The summed E-state index contributed by atoms with van der Waals surface area (Å²) >= 11 is 0. The highest BCUT2D eigenvalue weighted by molar-refractivity contribution is 6.31. The van der Waals surface area contributed by atoms with Crippen LogP contribution in [-0.2, 0) is 9.63 Å². The maximum absolute atomic E-state index is 12.9. The molecule has 0 saturated heterocycles. The van der Waals surface area contributed by atoms with Crippen molar-refractivity contribution in [1.82, 2.24) is 0 Å². The van der Waals surface area contributed by atoms with E-state index in [9.17, 15) is 9.18 Å². The quantitative estimate of drug-likeness (QED) is 0.619. The van der Waals surface area contributed by atoms with Crippen LogP contribution in [0.1, 0.15) is 11.1 Å². The topological polar surface area (TPSA) is 38.7 Å². The number of carbonyl (C=O) groups excluding carboxylic acids is 1. The predicted octanol–water partition coefficient (Wildman–Crippen LogP) is 3.17. The predicted molar refractivity (Wildman–Crippen MR) is 73.4 cm³/mol. The summed E-state index contributed by atoms with van der Waals surface area (Å²) in [6, 6.07) is 15.2. The van der Waals surface area contributed by atoms with Gasteiger partial charge in [0.15, 0.2) is 0 Å². The molecule has 3 rings (SSSR count). The number of halogens is 1. The molecule has 0 spiro atoms. The van der Waals surface area contributed by atoms with E-state index in [1.54, 1.807) is 18.2 Å². The second-order valence-corrected chi connectivity index (χ2v) is 4.29. The molecule has 0 saturated carbocycles. The largest absolute Gasteiger partial charge is 0.368 e. The van der Waals surface area contributed by atoms with Crippen LogP contribution in [-0.4, -0.2) is 11.7 Å². The zero-order valence-electron chi connectivity index (χ0n) is 10.4. The molecule has 0 fully saturated rings. The zero-order chi connectivity index (χ0) is 13.9. The van der Waals surface area contributed by atoms with E-state index in [1.165, 1.54) is 12.1 Å². The van der Waals surface area contributed by atoms with Crippen molar-refractivity contribution in [1.29, 1.82) is 0 Å². The van der Waals surface area contributed by atoms with Crippen LogP contribution in [0.4, 0.5) is 4.39 Å². The summed E-state index contributed by atoms with van der Waals surface area (Å²) in [5, 5.41) is 3.81. The van der Waals surface area contributed by atoms with E-state index in [1.807, 2.05) is 30.3 Å². The second-order valence-electron chi connectivity index (χ2n) is 4.29. The van der Waals surface area contributed by atoms with Gasteiger partial charge in [-0.15, -0.1) is 0 Å². The molecule has 2 aromatic rings. The van der Waals surface area contributed by atoms with Gasteiger partial charge in [-0.05, 0) is 23.8 Å². The van der Waals surface area contributed by atoms with Gasteiger partial charge in [-0.3, -0.25) is 0 Å². The molecule has 0 radical (unpaired) electrons. The number of hydrogen-bond acceptors (Lipinski definition) is 3. The maximum Gasteiger partial charge on any atom is 0.368 e. The summed E-state index contributed by atoms with van der Waals surface area (Å²) in [7, 11) is 0. The van der Waals surface area contributed by atoms with Crippen LogP contribution in [0.15, 0.2) is 65.3 Å². The van der Waals surface area contributed by atoms with Gasteiger partial charge in [0.1, 0.15) is 11.5 Å². The first-order chi connectivity index (χ1) is 9.74. The molecule has 0 N–H and O–H groups in total. The Hall–Kier alpha value is -2.75. The van der Waals surface area contributed by atoms with Gasteiger partial charge in [-0.1, -0.05) is 47.6 Å². The summed E-state index contributed by atoms with van der Waals surface area (Å²) < 4.78 is 12.9. The Bertz CT molecular complexity index is 703. The molecule has 0 aromatic heterocycles. The van der Waals surface area contributed by atoms with Crippen LogP contribution >= 0.6 is 0 Å². The first-order valence-electron chi connectivity index (χ1n) is 6.06. The van der Waals surface area contributed by atoms with E-state index in [-0.39, 0.29) is 5.82 Å². The molecule has 1 aliphatic heterocycles. The number of rotatable bonds is 2. The fourth-order valence-electron chi connectivity index (χ4n) is 1.94. The van der Waals surface area contributed by atoms with Crippen molar-refractivity contribution in [3.8, 4) is 0 Å². The highest BCUT2D eigenvalue weighted by atomic mass is 19.1. The minimum absolute atomic E-state index is 0.321. The van der Waals surface area contributed by atoms with Gasteiger partial charge in [0, 0.05) is 5.56 Å². The number of hydrogen-bond donors (Lipinski definition) is 0. The highest BCUT2D eigenvalue weighted by Gasteiger charge is 2.26. The SMILES string of the molecule is O=C1ON=C(c2ccccc2)/C1=C\c1ccc(F)cc1. The molecule has 98 valence electrons. The summed E-state index contributed by atoms with van der Waals surface area (Å²) in [6.45, 7) is 0. The van der Waals surface area contributed by atoms with Crippen molar-refractivity contribution >= 4 is 17.8 Å². The Kier molecular flexibility index (Phi) is 3.13. The van der Waals surface area contributed by atoms with Gasteiger partial charge in [-0.2, -0.15) is 0 Å². The van der Waals surface area contributed by atoms with E-state index in [2.05, 4.69) is 5.16 Å². The molecule has 0 amide bonds. The molecular weight excluding hydrogens is 257 g/mol. The van der Waals surface area contributed by atoms with Gasteiger partial charge >= 0.3 is 5.97 Å². The second kappa shape index (κ2) is 5.09. The fraction of sp³-hybridized carbons (Fsp3) is 0. The fourth-order valence-corrected chi connectivity index (χ4v) is 1.94. The molecule has 1 aliphatic rings. The van der Waals surface area contributed by atoms with Crippen LogP contribution in [0.2, 0.25) is 0 Å². The van der Waals surface area contributed by atoms with Crippen molar-refractivity contribution in [3.63, 3.8) is 0 Å². The number of oxime groups is 1. The first kappa shape index (κ1) is 12.3. The summed E-state index contributed by atoms with van der Waals surface area (Å²) in [4.78, 5) is 16.5. The van der Waals surface area contributed by atoms with Crippen LogP contribution < -0.4 is 0 Å². The van der Waals surface area contributed by atoms with E-state index in [4.69, 9.17) is 4.84 Å². The van der Waals surface area contributed by atoms with Crippen LogP contribution in [0.25, 0.3) is 6.08 Å². The Labute approximate surface area is 115 Å². The Morgan fingerprint density at radius 2 is 1.70 bits per heavy atom. The highest BCUT2D eigenvalue weighted by Crippen LogP contribution is 2.20. The number of carbonyl (C=O) groups is 1. The van der Waals surface area contributed by atoms with Crippen molar-refractivity contribution in [2.45, 2.75) is 0 Å². The monoisotopic (exact) mass is 267 g/mol. The van der Waals surface area contributed by atoms with Crippen LogP contribution in [0.5, 0.6) is 0 Å². The molecule has 1 heterocycles. The lowest BCUT2D eigenvalue weighted by Crippen LogP contribution is -2.06. The normalized spacial score (nSPS) is 16.1. The van der Waals surface area contributed by atoms with Gasteiger partial charge in [-0.25, -0.2) is 9.18 Å². The molecule has 0 bridgehead atoms. The van der Waals surface area contributed by atoms with E-state index in [0.29, 0.717) is 16.8 Å². The van der Waals surface area contributed by atoms with E-state index < -0.39 is 5.97 Å². The smallest absolute Gasteiger partial charge is 0.312 e. The van der Waals surface area contributed by atoms with Gasteiger partial charge in [0.05, 0.1) is 5.57 Å². The summed E-state index contributed by atoms with van der Waals surface area (Å²) in [6.07, 6.45) is 1.64. The van der Waals surface area contributed by atoms with Crippen molar-refractivity contribution < 1.29 is 14.0 Å². The van der Waals surface area contributed by atoms with Crippen LogP contribution in [0.3, 0.4) is 0 Å². The number of nitrogens with zero attached hydrogens (tertiary/aromatic N) is 1. The summed E-state index contributed by atoms with van der Waals surface area (Å²) in [5.41, 5.74) is 2.36.